The van der Waals surface area contributed by atoms with Crippen LogP contribution in [-0.4, -0.2) is 12.0 Å². The van der Waals surface area contributed by atoms with Crippen molar-refractivity contribution in [3.8, 4) is 0 Å². The summed E-state index contributed by atoms with van der Waals surface area (Å²) in [6, 6.07) is 6.65. The molecule has 1 aromatic carbocycles. The molecule has 0 radical (unpaired) electrons. The molecule has 2 rings (SSSR count). The minimum Gasteiger partial charge on any atom is -0.316 e. The monoisotopic (exact) mass is 232 g/mol. The highest BCUT2D eigenvalue weighted by molar-refractivity contribution is 7.09. The quantitative estimate of drug-likeness (QED) is 0.876. The molecule has 1 N–H and O–H groups in total. The molecule has 0 fully saturated rings. The van der Waals surface area contributed by atoms with E-state index in [9.17, 15) is 0 Å². The van der Waals surface area contributed by atoms with E-state index in [4.69, 9.17) is 0 Å². The van der Waals surface area contributed by atoms with E-state index in [0.717, 1.165) is 13.0 Å². The van der Waals surface area contributed by atoms with Crippen LogP contribution in [0.1, 0.15) is 21.7 Å². The molecule has 1 aromatic heterocycles. The lowest BCUT2D eigenvalue weighted by molar-refractivity contribution is 0.816. The van der Waals surface area contributed by atoms with E-state index < -0.39 is 0 Å². The smallest absolute Gasteiger partial charge is 0.0968 e. The molecule has 2 aromatic rings. The van der Waals surface area contributed by atoms with Gasteiger partial charge in [0.2, 0.25) is 0 Å². The van der Waals surface area contributed by atoms with Crippen LogP contribution in [0.5, 0.6) is 0 Å². The van der Waals surface area contributed by atoms with Gasteiger partial charge in [-0.3, -0.25) is 0 Å². The molecule has 0 amide bonds. The van der Waals surface area contributed by atoms with Crippen molar-refractivity contribution in [2.75, 3.05) is 7.05 Å². The van der Waals surface area contributed by atoms with Crippen LogP contribution in [0, 0.1) is 6.92 Å². The number of rotatable bonds is 4. The molecule has 0 saturated carbocycles. The Bertz CT molecular complexity index is 449. The Balaban J connectivity index is 2.16. The van der Waals surface area contributed by atoms with E-state index in [1.165, 1.54) is 21.7 Å². The fourth-order valence-electron chi connectivity index (χ4n) is 1.77. The fourth-order valence-corrected chi connectivity index (χ4v) is 2.41. The van der Waals surface area contributed by atoms with Crippen LogP contribution in [0.4, 0.5) is 0 Å². The highest BCUT2D eigenvalue weighted by atomic mass is 32.1. The number of thiazole rings is 1. The largest absolute Gasteiger partial charge is 0.316 e. The van der Waals surface area contributed by atoms with Gasteiger partial charge in [0.15, 0.2) is 0 Å². The number of benzene rings is 1. The summed E-state index contributed by atoms with van der Waals surface area (Å²) in [7, 11) is 1.97. The topological polar surface area (TPSA) is 24.9 Å². The number of aryl methyl sites for hydroxylation is 1. The van der Waals surface area contributed by atoms with Crippen LogP contribution in [0.15, 0.2) is 29.8 Å². The first-order valence-electron chi connectivity index (χ1n) is 5.41. The van der Waals surface area contributed by atoms with Crippen LogP contribution < -0.4 is 5.32 Å². The molecule has 0 aliphatic heterocycles. The summed E-state index contributed by atoms with van der Waals surface area (Å²) in [4.78, 5) is 4.32. The molecule has 3 heteroatoms. The Hall–Kier alpha value is -1.19. The molecule has 0 unspecified atom stereocenters. The molecule has 0 aliphatic carbocycles. The lowest BCUT2D eigenvalue weighted by atomic mass is 10.0. The van der Waals surface area contributed by atoms with Crippen LogP contribution in [0.25, 0.3) is 0 Å². The zero-order valence-electron chi connectivity index (χ0n) is 9.66. The van der Waals surface area contributed by atoms with E-state index in [1.807, 2.05) is 18.6 Å². The molecule has 0 atom stereocenters. The standard InChI is InChI=1S/C13H16N2S/c1-10-7-11(9-14-2)3-4-12(10)8-13-15-5-6-16-13/h3-7,14H,8-9H2,1-2H3. The van der Waals surface area contributed by atoms with Gasteiger partial charge in [-0.2, -0.15) is 0 Å². The molecular weight excluding hydrogens is 216 g/mol. The third kappa shape index (κ3) is 2.68. The fraction of sp³-hybridized carbons (Fsp3) is 0.308. The molecule has 0 saturated heterocycles. The third-order valence-corrected chi connectivity index (χ3v) is 3.39. The van der Waals surface area contributed by atoms with E-state index in [0.29, 0.717) is 0 Å². The summed E-state index contributed by atoms with van der Waals surface area (Å²) in [6.07, 6.45) is 2.81. The Kier molecular flexibility index (Phi) is 3.70. The van der Waals surface area contributed by atoms with Gasteiger partial charge in [-0.25, -0.2) is 4.98 Å². The minimum absolute atomic E-state index is 0.929. The highest BCUT2D eigenvalue weighted by Crippen LogP contribution is 2.17. The summed E-state index contributed by atoms with van der Waals surface area (Å²) in [5, 5.41) is 6.38. The summed E-state index contributed by atoms with van der Waals surface area (Å²) in [5.41, 5.74) is 4.06. The Morgan fingerprint density at radius 1 is 1.38 bits per heavy atom. The second-order valence-electron chi connectivity index (χ2n) is 3.89. The SMILES string of the molecule is CNCc1ccc(Cc2nccs2)c(C)c1. The van der Waals surface area contributed by atoms with Crippen molar-refractivity contribution in [1.29, 1.82) is 0 Å². The maximum Gasteiger partial charge on any atom is 0.0968 e. The normalized spacial score (nSPS) is 10.6. The molecular formula is C13H16N2S. The van der Waals surface area contributed by atoms with Crippen LogP contribution in [0.3, 0.4) is 0 Å². The first-order valence-corrected chi connectivity index (χ1v) is 6.29. The van der Waals surface area contributed by atoms with Crippen LogP contribution in [0.2, 0.25) is 0 Å². The number of hydrogen-bond donors (Lipinski definition) is 1. The van der Waals surface area contributed by atoms with Gasteiger partial charge in [-0.15, -0.1) is 11.3 Å². The summed E-state index contributed by atoms with van der Waals surface area (Å²) >= 11 is 1.72. The van der Waals surface area contributed by atoms with E-state index in [-0.39, 0.29) is 0 Å². The van der Waals surface area contributed by atoms with Gasteiger partial charge in [-0.1, -0.05) is 18.2 Å². The van der Waals surface area contributed by atoms with Gasteiger partial charge in [0.25, 0.3) is 0 Å². The lowest BCUT2D eigenvalue weighted by Gasteiger charge is -2.07. The zero-order valence-corrected chi connectivity index (χ0v) is 10.5. The van der Waals surface area contributed by atoms with Crippen molar-refractivity contribution in [3.05, 3.63) is 51.5 Å². The molecule has 0 spiro atoms. The molecule has 0 bridgehead atoms. The molecule has 84 valence electrons. The van der Waals surface area contributed by atoms with Crippen LogP contribution in [-0.2, 0) is 13.0 Å². The molecule has 2 nitrogen and oxygen atoms in total. The van der Waals surface area contributed by atoms with Crippen molar-refractivity contribution in [2.24, 2.45) is 0 Å². The van der Waals surface area contributed by atoms with E-state index in [2.05, 4.69) is 35.4 Å². The highest BCUT2D eigenvalue weighted by Gasteiger charge is 2.03. The van der Waals surface area contributed by atoms with Crippen molar-refractivity contribution in [2.45, 2.75) is 19.9 Å². The maximum absolute atomic E-state index is 4.32. The lowest BCUT2D eigenvalue weighted by Crippen LogP contribution is -2.05. The van der Waals surface area contributed by atoms with E-state index >= 15 is 0 Å². The van der Waals surface area contributed by atoms with Crippen LogP contribution >= 0.6 is 11.3 Å². The van der Waals surface area contributed by atoms with E-state index in [1.54, 1.807) is 11.3 Å². The van der Waals surface area contributed by atoms with Gasteiger partial charge in [-0.05, 0) is 30.7 Å². The average Bonchev–Trinajstić information content (AvgIpc) is 2.75. The Labute approximate surface area is 100 Å². The first kappa shape index (κ1) is 11.3. The molecule has 1 heterocycles. The van der Waals surface area contributed by atoms with Crippen molar-refractivity contribution in [3.63, 3.8) is 0 Å². The average molecular weight is 232 g/mol. The maximum atomic E-state index is 4.32. The second kappa shape index (κ2) is 5.23. The second-order valence-corrected chi connectivity index (χ2v) is 4.87. The molecule has 16 heavy (non-hydrogen) atoms. The summed E-state index contributed by atoms with van der Waals surface area (Å²) in [6.45, 7) is 3.10. The number of hydrogen-bond acceptors (Lipinski definition) is 3. The number of aromatic nitrogens is 1. The van der Waals surface area contributed by atoms with Gasteiger partial charge in [0.05, 0.1) is 5.01 Å². The number of nitrogens with zero attached hydrogens (tertiary/aromatic N) is 1. The summed E-state index contributed by atoms with van der Waals surface area (Å²) in [5.74, 6) is 0. The predicted molar refractivity (Wildman–Crippen MR) is 68.9 cm³/mol. The van der Waals surface area contributed by atoms with Crippen molar-refractivity contribution < 1.29 is 0 Å². The Morgan fingerprint density at radius 3 is 2.88 bits per heavy atom. The molecule has 0 aliphatic rings. The van der Waals surface area contributed by atoms with Crippen molar-refractivity contribution in [1.82, 2.24) is 10.3 Å². The third-order valence-electron chi connectivity index (χ3n) is 2.61. The van der Waals surface area contributed by atoms with Gasteiger partial charge >= 0.3 is 0 Å². The van der Waals surface area contributed by atoms with Gasteiger partial charge in [0.1, 0.15) is 0 Å². The minimum atomic E-state index is 0.929. The van der Waals surface area contributed by atoms with Gasteiger partial charge in [0, 0.05) is 24.5 Å². The Morgan fingerprint density at radius 2 is 2.25 bits per heavy atom. The van der Waals surface area contributed by atoms with Crippen molar-refractivity contribution >= 4 is 11.3 Å². The van der Waals surface area contributed by atoms with Gasteiger partial charge < -0.3 is 5.32 Å². The summed E-state index contributed by atoms with van der Waals surface area (Å²) < 4.78 is 0. The first-order chi connectivity index (χ1) is 7.79. The number of nitrogens with one attached hydrogen (secondary N) is 1. The zero-order chi connectivity index (χ0) is 11.4. The predicted octanol–water partition coefficient (Wildman–Crippen LogP) is 2.76.